The zero-order valence-corrected chi connectivity index (χ0v) is 17.3. The highest BCUT2D eigenvalue weighted by Gasteiger charge is 2.27. The second-order valence-electron chi connectivity index (χ2n) is 8.12. The summed E-state index contributed by atoms with van der Waals surface area (Å²) in [5.74, 6) is 0.919. The molecule has 0 saturated carbocycles. The molecule has 140 valence electrons. The van der Waals surface area contributed by atoms with Crippen LogP contribution in [0.2, 0.25) is 0 Å². The number of carbonyl (C=O) groups is 1. The Morgan fingerprint density at radius 1 is 1.32 bits per heavy atom. The van der Waals surface area contributed by atoms with Crippen LogP contribution in [-0.2, 0) is 4.74 Å². The molecule has 2 N–H and O–H groups in total. The lowest BCUT2D eigenvalue weighted by molar-refractivity contribution is 0.0470. The van der Waals surface area contributed by atoms with E-state index in [-0.39, 0.29) is 6.04 Å². The fraction of sp³-hybridized carbons (Fsp3) is 0.632. The SMILES string of the molecule is CC(C)(CNC1CCCOc2cc(Br)ccc21)NC(=O)OC(C)(C)C. The average Bonchev–Trinajstić information content (AvgIpc) is 2.64. The van der Waals surface area contributed by atoms with E-state index >= 15 is 0 Å². The van der Waals surface area contributed by atoms with Crippen LogP contribution in [0.3, 0.4) is 0 Å². The quantitative estimate of drug-likeness (QED) is 0.760. The Morgan fingerprint density at radius 3 is 2.72 bits per heavy atom. The molecule has 1 atom stereocenters. The third-order valence-electron chi connectivity index (χ3n) is 3.88. The van der Waals surface area contributed by atoms with E-state index in [2.05, 4.69) is 32.6 Å². The van der Waals surface area contributed by atoms with E-state index < -0.39 is 17.2 Å². The molecule has 1 aromatic rings. The second kappa shape index (κ2) is 7.96. The summed E-state index contributed by atoms with van der Waals surface area (Å²) in [5.41, 5.74) is 0.234. The summed E-state index contributed by atoms with van der Waals surface area (Å²) in [7, 11) is 0. The maximum atomic E-state index is 12.0. The number of alkyl carbamates (subject to hydrolysis) is 1. The minimum absolute atomic E-state index is 0.199. The lowest BCUT2D eigenvalue weighted by Gasteiger charge is -2.31. The van der Waals surface area contributed by atoms with Gasteiger partial charge in [0.25, 0.3) is 0 Å². The molecule has 1 aliphatic rings. The molecule has 0 radical (unpaired) electrons. The number of benzene rings is 1. The summed E-state index contributed by atoms with van der Waals surface area (Å²) in [5, 5.41) is 6.52. The molecule has 0 spiro atoms. The van der Waals surface area contributed by atoms with Crippen LogP contribution in [0.1, 0.15) is 59.1 Å². The number of carbonyl (C=O) groups excluding carboxylic acids is 1. The summed E-state index contributed by atoms with van der Waals surface area (Å²) >= 11 is 3.50. The van der Waals surface area contributed by atoms with Gasteiger partial charge < -0.3 is 20.1 Å². The molecule has 0 aliphatic carbocycles. The van der Waals surface area contributed by atoms with Gasteiger partial charge in [-0.1, -0.05) is 22.0 Å². The molecule has 0 fully saturated rings. The number of fused-ring (bicyclic) bond motifs is 1. The minimum Gasteiger partial charge on any atom is -0.493 e. The van der Waals surface area contributed by atoms with Crippen LogP contribution in [0.4, 0.5) is 4.79 Å². The van der Waals surface area contributed by atoms with Gasteiger partial charge in [0.1, 0.15) is 11.4 Å². The van der Waals surface area contributed by atoms with Crippen molar-refractivity contribution in [3.63, 3.8) is 0 Å². The van der Waals surface area contributed by atoms with E-state index in [0.29, 0.717) is 6.54 Å². The van der Waals surface area contributed by atoms with Gasteiger partial charge in [-0.05, 0) is 59.6 Å². The van der Waals surface area contributed by atoms with E-state index in [9.17, 15) is 4.79 Å². The predicted octanol–water partition coefficient (Wildman–Crippen LogP) is 4.56. The van der Waals surface area contributed by atoms with Crippen LogP contribution in [0.5, 0.6) is 5.75 Å². The topological polar surface area (TPSA) is 59.6 Å². The molecule has 5 nitrogen and oxygen atoms in total. The van der Waals surface area contributed by atoms with Gasteiger partial charge in [-0.25, -0.2) is 4.79 Å². The van der Waals surface area contributed by atoms with Gasteiger partial charge in [0.05, 0.1) is 12.1 Å². The minimum atomic E-state index is -0.501. The van der Waals surface area contributed by atoms with Crippen LogP contribution in [0, 0.1) is 0 Å². The number of nitrogens with one attached hydrogen (secondary N) is 2. The molecule has 2 rings (SSSR count). The van der Waals surface area contributed by atoms with Gasteiger partial charge in [-0.2, -0.15) is 0 Å². The van der Waals surface area contributed by atoms with Crippen molar-refractivity contribution in [2.75, 3.05) is 13.2 Å². The lowest BCUT2D eigenvalue weighted by atomic mass is 9.99. The Labute approximate surface area is 159 Å². The lowest BCUT2D eigenvalue weighted by Crippen LogP contribution is -2.52. The monoisotopic (exact) mass is 412 g/mol. The van der Waals surface area contributed by atoms with E-state index in [0.717, 1.165) is 35.2 Å². The maximum absolute atomic E-state index is 12.0. The van der Waals surface area contributed by atoms with Gasteiger partial charge in [-0.3, -0.25) is 0 Å². The zero-order chi connectivity index (χ0) is 18.7. The van der Waals surface area contributed by atoms with Gasteiger partial charge in [-0.15, -0.1) is 0 Å². The van der Waals surface area contributed by atoms with Crippen LogP contribution >= 0.6 is 15.9 Å². The first-order valence-corrected chi connectivity index (χ1v) is 9.52. The number of halogens is 1. The molecule has 1 aliphatic heterocycles. The van der Waals surface area contributed by atoms with Crippen molar-refractivity contribution in [2.45, 2.75) is 64.6 Å². The predicted molar refractivity (Wildman–Crippen MR) is 103 cm³/mol. The highest BCUT2D eigenvalue weighted by atomic mass is 79.9. The summed E-state index contributed by atoms with van der Waals surface area (Å²) in [4.78, 5) is 12.0. The molecule has 1 aromatic carbocycles. The third kappa shape index (κ3) is 6.51. The summed E-state index contributed by atoms with van der Waals surface area (Å²) in [6, 6.07) is 6.34. The van der Waals surface area contributed by atoms with Crippen molar-refractivity contribution >= 4 is 22.0 Å². The Hall–Kier alpha value is -1.27. The van der Waals surface area contributed by atoms with Crippen LogP contribution in [0.25, 0.3) is 0 Å². The maximum Gasteiger partial charge on any atom is 0.408 e. The molecular formula is C19H29BrN2O3. The van der Waals surface area contributed by atoms with Crippen molar-refractivity contribution in [3.05, 3.63) is 28.2 Å². The number of ether oxygens (including phenoxy) is 2. The van der Waals surface area contributed by atoms with Crippen molar-refractivity contribution in [1.29, 1.82) is 0 Å². The zero-order valence-electron chi connectivity index (χ0n) is 15.7. The number of hydrogen-bond donors (Lipinski definition) is 2. The molecule has 0 bridgehead atoms. The fourth-order valence-corrected chi connectivity index (χ4v) is 3.10. The molecular weight excluding hydrogens is 384 g/mol. The molecule has 1 amide bonds. The van der Waals surface area contributed by atoms with Crippen LogP contribution in [-0.4, -0.2) is 30.4 Å². The highest BCUT2D eigenvalue weighted by molar-refractivity contribution is 9.10. The van der Waals surface area contributed by atoms with Gasteiger partial charge in [0.2, 0.25) is 0 Å². The molecule has 1 unspecified atom stereocenters. The number of rotatable bonds is 4. The summed E-state index contributed by atoms with van der Waals surface area (Å²) < 4.78 is 12.2. The van der Waals surface area contributed by atoms with Crippen molar-refractivity contribution in [1.82, 2.24) is 10.6 Å². The van der Waals surface area contributed by atoms with Crippen molar-refractivity contribution in [3.8, 4) is 5.75 Å². The molecule has 6 heteroatoms. The Balaban J connectivity index is 1.99. The fourth-order valence-electron chi connectivity index (χ4n) is 2.76. The van der Waals surface area contributed by atoms with Crippen molar-refractivity contribution in [2.24, 2.45) is 0 Å². The third-order valence-corrected chi connectivity index (χ3v) is 4.37. The largest absolute Gasteiger partial charge is 0.493 e. The standard InChI is InChI=1S/C19H29BrN2O3/c1-18(2,3)25-17(23)22-19(4,5)12-21-15-7-6-10-24-16-11-13(20)8-9-14(15)16/h8-9,11,15,21H,6-7,10,12H2,1-5H3,(H,22,23). The first-order valence-electron chi connectivity index (χ1n) is 8.72. The Kier molecular flexibility index (Phi) is 6.38. The second-order valence-corrected chi connectivity index (χ2v) is 9.03. The average molecular weight is 413 g/mol. The first kappa shape index (κ1) is 20.0. The number of amides is 1. The molecule has 0 saturated heterocycles. The Bertz CT molecular complexity index is 611. The van der Waals surface area contributed by atoms with Gasteiger partial charge >= 0.3 is 6.09 Å². The molecule has 1 heterocycles. The van der Waals surface area contributed by atoms with Crippen molar-refractivity contribution < 1.29 is 14.3 Å². The summed E-state index contributed by atoms with van der Waals surface area (Å²) in [6.45, 7) is 10.9. The number of hydrogen-bond acceptors (Lipinski definition) is 4. The van der Waals surface area contributed by atoms with E-state index in [1.54, 1.807) is 0 Å². The first-order chi connectivity index (χ1) is 11.6. The van der Waals surface area contributed by atoms with E-state index in [1.165, 1.54) is 0 Å². The van der Waals surface area contributed by atoms with Crippen LogP contribution in [0.15, 0.2) is 22.7 Å². The normalized spacial score (nSPS) is 17.9. The smallest absolute Gasteiger partial charge is 0.408 e. The molecule has 0 aromatic heterocycles. The van der Waals surface area contributed by atoms with Gasteiger partial charge in [0, 0.05) is 22.6 Å². The molecule has 25 heavy (non-hydrogen) atoms. The van der Waals surface area contributed by atoms with E-state index in [1.807, 2.05) is 46.8 Å². The highest BCUT2D eigenvalue weighted by Crippen LogP contribution is 2.33. The van der Waals surface area contributed by atoms with Gasteiger partial charge in [0.15, 0.2) is 0 Å². The van der Waals surface area contributed by atoms with Crippen LogP contribution < -0.4 is 15.4 Å². The Morgan fingerprint density at radius 2 is 2.04 bits per heavy atom. The summed E-state index contributed by atoms with van der Waals surface area (Å²) in [6.07, 6.45) is 1.59. The van der Waals surface area contributed by atoms with E-state index in [4.69, 9.17) is 9.47 Å².